The van der Waals surface area contributed by atoms with Crippen molar-refractivity contribution in [1.29, 1.82) is 0 Å². The van der Waals surface area contributed by atoms with E-state index in [1.807, 2.05) is 54.6 Å². The molecule has 0 spiro atoms. The summed E-state index contributed by atoms with van der Waals surface area (Å²) in [6.45, 7) is 3.63. The number of halogens is 1. The fourth-order valence-electron chi connectivity index (χ4n) is 7.90. The number of anilines is 1. The lowest BCUT2D eigenvalue weighted by molar-refractivity contribution is 0.0458. The fraction of sp³-hybridized carbons (Fsp3) is 0.283. The zero-order valence-corrected chi connectivity index (χ0v) is 31.8. The van der Waals surface area contributed by atoms with Gasteiger partial charge in [0.2, 0.25) is 0 Å². The van der Waals surface area contributed by atoms with Crippen molar-refractivity contribution >= 4 is 35.1 Å². The van der Waals surface area contributed by atoms with E-state index in [1.165, 1.54) is 4.90 Å². The predicted octanol–water partition coefficient (Wildman–Crippen LogP) is 9.09. The molecule has 0 aromatic heterocycles. The van der Waals surface area contributed by atoms with Crippen LogP contribution in [0.25, 0.3) is 0 Å². The van der Waals surface area contributed by atoms with Crippen LogP contribution in [0.3, 0.4) is 0 Å². The second kappa shape index (κ2) is 17.4. The number of amides is 2. The van der Waals surface area contributed by atoms with Crippen LogP contribution in [0.2, 0.25) is 5.02 Å². The third kappa shape index (κ3) is 8.16. The Kier molecular flexibility index (Phi) is 11.9. The van der Waals surface area contributed by atoms with Gasteiger partial charge in [-0.05, 0) is 92.5 Å². The van der Waals surface area contributed by atoms with Gasteiger partial charge in [-0.3, -0.25) is 14.5 Å². The number of carbonyl (C=O) groups excluding carboxylic acids is 3. The summed E-state index contributed by atoms with van der Waals surface area (Å²) in [4.78, 5) is 42.5. The van der Waals surface area contributed by atoms with Gasteiger partial charge in [0.15, 0.2) is 0 Å². The average molecular weight is 756 g/mol. The van der Waals surface area contributed by atoms with Gasteiger partial charge in [-0.25, -0.2) is 4.79 Å². The zero-order chi connectivity index (χ0) is 38.2. The number of carbonyl (C=O) groups is 3. The van der Waals surface area contributed by atoms with E-state index in [2.05, 4.69) is 46.6 Å². The van der Waals surface area contributed by atoms with Gasteiger partial charge >= 0.3 is 5.97 Å². The summed E-state index contributed by atoms with van der Waals surface area (Å²) < 4.78 is 11.6. The second-order valence-electron chi connectivity index (χ2n) is 14.2. The first-order chi connectivity index (χ1) is 26.9. The van der Waals surface area contributed by atoms with Crippen LogP contribution in [-0.4, -0.2) is 67.5 Å². The Bertz CT molecular complexity index is 1970. The highest BCUT2D eigenvalue weighted by atomic mass is 35.5. The number of imide groups is 1. The Labute approximate surface area is 328 Å². The van der Waals surface area contributed by atoms with Gasteiger partial charge < -0.3 is 19.7 Å². The molecular formula is C46H46ClN3O5. The third-order valence-electron chi connectivity index (χ3n) is 10.9. The Morgan fingerprint density at radius 3 is 1.78 bits per heavy atom. The van der Waals surface area contributed by atoms with E-state index in [0.717, 1.165) is 68.4 Å². The van der Waals surface area contributed by atoms with E-state index >= 15 is 0 Å². The summed E-state index contributed by atoms with van der Waals surface area (Å²) in [6, 6.07) is 41.1. The molecule has 282 valence electrons. The normalized spacial score (nSPS) is 14.8. The summed E-state index contributed by atoms with van der Waals surface area (Å²) in [5, 5.41) is 4.15. The summed E-state index contributed by atoms with van der Waals surface area (Å²) in [7, 11) is 1.54. The third-order valence-corrected chi connectivity index (χ3v) is 11.2. The first-order valence-corrected chi connectivity index (χ1v) is 19.4. The van der Waals surface area contributed by atoms with Gasteiger partial charge in [-0.1, -0.05) is 115 Å². The van der Waals surface area contributed by atoms with Gasteiger partial charge in [-0.15, -0.1) is 0 Å². The van der Waals surface area contributed by atoms with Crippen molar-refractivity contribution in [2.45, 2.75) is 37.6 Å². The highest BCUT2D eigenvalue weighted by molar-refractivity contribution is 6.33. The minimum atomic E-state index is -0.808. The minimum Gasteiger partial charge on any atom is -0.496 e. The fourth-order valence-corrected chi connectivity index (χ4v) is 8.11. The lowest BCUT2D eigenvalue weighted by Crippen LogP contribution is -2.38. The molecule has 0 saturated carbocycles. The van der Waals surface area contributed by atoms with Crippen LogP contribution in [0.15, 0.2) is 127 Å². The monoisotopic (exact) mass is 755 g/mol. The van der Waals surface area contributed by atoms with Crippen molar-refractivity contribution in [2.24, 2.45) is 5.92 Å². The van der Waals surface area contributed by atoms with Gasteiger partial charge in [0, 0.05) is 12.6 Å². The number of nitrogens with zero attached hydrogens (tertiary/aromatic N) is 2. The molecule has 8 nitrogen and oxygen atoms in total. The van der Waals surface area contributed by atoms with Crippen LogP contribution < -0.4 is 10.1 Å². The van der Waals surface area contributed by atoms with E-state index in [0.29, 0.717) is 46.7 Å². The van der Waals surface area contributed by atoms with Gasteiger partial charge in [0.1, 0.15) is 16.9 Å². The molecule has 2 amide bonds. The van der Waals surface area contributed by atoms with E-state index in [1.54, 1.807) is 43.5 Å². The van der Waals surface area contributed by atoms with Crippen LogP contribution in [0, 0.1) is 5.92 Å². The van der Waals surface area contributed by atoms with E-state index in [4.69, 9.17) is 21.1 Å². The molecule has 55 heavy (non-hydrogen) atoms. The van der Waals surface area contributed by atoms with Crippen molar-refractivity contribution < 1.29 is 23.9 Å². The summed E-state index contributed by atoms with van der Waals surface area (Å²) >= 11 is 6.99. The number of hydrogen-bond donors (Lipinski definition) is 1. The molecule has 5 aromatic carbocycles. The Morgan fingerprint density at radius 2 is 1.25 bits per heavy atom. The molecule has 2 heterocycles. The Hall–Kier alpha value is -5.44. The maximum atomic E-state index is 13.4. The number of hydrogen-bond acceptors (Lipinski definition) is 7. The van der Waals surface area contributed by atoms with Crippen LogP contribution >= 0.6 is 11.6 Å². The smallest absolute Gasteiger partial charge is 0.341 e. The molecule has 0 bridgehead atoms. The molecule has 0 atom stereocenters. The SMILES string of the molecule is COc1cc(NC(c2ccccc2)(c2ccccc2)c2ccccc2)c(Cl)cc1C(=O)OCCC1CCN(CCCCN2C(=O)c3ccccc3C2=O)CC1. The van der Waals surface area contributed by atoms with E-state index in [-0.39, 0.29) is 17.4 Å². The average Bonchev–Trinajstić information content (AvgIpc) is 3.48. The van der Waals surface area contributed by atoms with E-state index < -0.39 is 11.5 Å². The molecular weight excluding hydrogens is 710 g/mol. The number of likely N-dealkylation sites (tertiary alicyclic amines) is 1. The molecule has 9 heteroatoms. The van der Waals surface area contributed by atoms with Crippen molar-refractivity contribution in [3.05, 3.63) is 166 Å². The summed E-state index contributed by atoms with van der Waals surface area (Å²) in [5.41, 5.74) is 4.16. The van der Waals surface area contributed by atoms with Crippen LogP contribution in [0.4, 0.5) is 5.69 Å². The lowest BCUT2D eigenvalue weighted by atomic mass is 9.76. The summed E-state index contributed by atoms with van der Waals surface area (Å²) in [5.74, 6) is -0.0189. The number of benzene rings is 5. The number of fused-ring (bicyclic) bond motifs is 1. The van der Waals surface area contributed by atoms with E-state index in [9.17, 15) is 14.4 Å². The van der Waals surface area contributed by atoms with Gasteiger partial charge in [0.25, 0.3) is 11.8 Å². The molecule has 1 saturated heterocycles. The number of rotatable bonds is 15. The lowest BCUT2D eigenvalue weighted by Gasteiger charge is -2.38. The number of ether oxygens (including phenoxy) is 2. The summed E-state index contributed by atoms with van der Waals surface area (Å²) in [6.07, 6.45) is 4.53. The molecule has 2 aliphatic rings. The van der Waals surface area contributed by atoms with Crippen LogP contribution in [0.5, 0.6) is 5.75 Å². The highest BCUT2D eigenvalue weighted by Gasteiger charge is 2.38. The number of unbranched alkanes of at least 4 members (excludes halogenated alkanes) is 1. The first kappa shape index (κ1) is 37.9. The first-order valence-electron chi connectivity index (χ1n) is 19.1. The van der Waals surface area contributed by atoms with Crippen LogP contribution in [-0.2, 0) is 10.3 Å². The second-order valence-corrected chi connectivity index (χ2v) is 14.6. The maximum Gasteiger partial charge on any atom is 0.341 e. The Balaban J connectivity index is 0.936. The Morgan fingerprint density at radius 1 is 0.745 bits per heavy atom. The molecule has 0 aliphatic carbocycles. The predicted molar refractivity (Wildman–Crippen MR) is 216 cm³/mol. The number of esters is 1. The van der Waals surface area contributed by atoms with Gasteiger partial charge in [-0.2, -0.15) is 0 Å². The molecule has 1 fully saturated rings. The number of piperidine rings is 1. The highest BCUT2D eigenvalue weighted by Crippen LogP contribution is 2.43. The molecule has 2 aliphatic heterocycles. The van der Waals surface area contributed by atoms with Crippen molar-refractivity contribution in [3.63, 3.8) is 0 Å². The number of methoxy groups -OCH3 is 1. The molecule has 0 radical (unpaired) electrons. The number of nitrogens with one attached hydrogen (secondary N) is 1. The van der Waals surface area contributed by atoms with Crippen molar-refractivity contribution in [3.8, 4) is 5.75 Å². The largest absolute Gasteiger partial charge is 0.496 e. The van der Waals surface area contributed by atoms with Crippen molar-refractivity contribution in [2.75, 3.05) is 45.2 Å². The quantitative estimate of drug-likeness (QED) is 0.0494. The van der Waals surface area contributed by atoms with Crippen molar-refractivity contribution in [1.82, 2.24) is 9.80 Å². The topological polar surface area (TPSA) is 88.2 Å². The molecule has 5 aromatic rings. The molecule has 7 rings (SSSR count). The van der Waals surface area contributed by atoms with Crippen LogP contribution in [0.1, 0.15) is 79.9 Å². The molecule has 0 unspecified atom stereocenters. The standard InChI is InChI=1S/C46H46ClN3O5/c1-54-42-32-41(48-46(34-15-5-2-6-16-34,35-17-7-3-8-18-35)36-19-9-4-10-20-36)40(47)31-39(42)45(53)55-30-25-33-23-28-49(29-24-33)26-13-14-27-50-43(51)37-21-11-12-22-38(37)44(50)52/h2-12,15-22,31-33,48H,13-14,23-30H2,1H3. The van der Waals surface area contributed by atoms with Gasteiger partial charge in [0.05, 0.1) is 35.6 Å². The maximum absolute atomic E-state index is 13.4. The minimum absolute atomic E-state index is 0.190. The zero-order valence-electron chi connectivity index (χ0n) is 31.1. The molecule has 1 N–H and O–H groups in total.